The minimum Gasteiger partial charge on any atom is -0.492 e. The van der Waals surface area contributed by atoms with E-state index in [2.05, 4.69) is 12.2 Å². The van der Waals surface area contributed by atoms with Crippen LogP contribution in [0.4, 0.5) is 0 Å². The highest BCUT2D eigenvalue weighted by Crippen LogP contribution is 2.23. The zero-order valence-electron chi connectivity index (χ0n) is 13.8. The van der Waals surface area contributed by atoms with Crippen molar-refractivity contribution in [3.8, 4) is 5.75 Å². The molecule has 1 aliphatic carbocycles. The standard InChI is InChI=1S/C18H28N2O2/c1-15-8-6-7-11-17(15)19-18(21)14-20(2)12-13-22-16-9-4-3-5-10-16/h3-5,9-10,15,17H,6-8,11-14H2,1-2H3,(H,19,21)/t15-,17-/m1/s1. The molecule has 1 fully saturated rings. The summed E-state index contributed by atoms with van der Waals surface area (Å²) in [4.78, 5) is 14.1. The predicted octanol–water partition coefficient (Wildman–Crippen LogP) is 2.69. The first kappa shape index (κ1) is 16.8. The van der Waals surface area contributed by atoms with Crippen molar-refractivity contribution in [2.45, 2.75) is 38.6 Å². The Labute approximate surface area is 133 Å². The molecule has 0 saturated heterocycles. The van der Waals surface area contributed by atoms with E-state index < -0.39 is 0 Å². The third-order valence-electron chi connectivity index (χ3n) is 4.36. The maximum Gasteiger partial charge on any atom is 0.234 e. The van der Waals surface area contributed by atoms with Gasteiger partial charge in [0.1, 0.15) is 12.4 Å². The molecule has 1 aromatic rings. The van der Waals surface area contributed by atoms with Crippen LogP contribution >= 0.6 is 0 Å². The maximum atomic E-state index is 12.1. The van der Waals surface area contributed by atoms with E-state index in [0.717, 1.165) is 18.7 Å². The van der Waals surface area contributed by atoms with Crippen LogP contribution in [0, 0.1) is 5.92 Å². The summed E-state index contributed by atoms with van der Waals surface area (Å²) in [5.74, 6) is 1.60. The molecule has 0 heterocycles. The van der Waals surface area contributed by atoms with E-state index in [9.17, 15) is 4.79 Å². The van der Waals surface area contributed by atoms with Crippen molar-refractivity contribution in [2.75, 3.05) is 26.7 Å². The smallest absolute Gasteiger partial charge is 0.234 e. The lowest BCUT2D eigenvalue weighted by Gasteiger charge is -2.30. The zero-order chi connectivity index (χ0) is 15.8. The Kier molecular flexibility index (Phi) is 6.72. The van der Waals surface area contributed by atoms with Crippen molar-refractivity contribution in [3.63, 3.8) is 0 Å². The van der Waals surface area contributed by atoms with Gasteiger partial charge < -0.3 is 10.1 Å². The predicted molar refractivity (Wildman–Crippen MR) is 89.0 cm³/mol. The molecular formula is C18H28N2O2. The Balaban J connectivity index is 1.63. The highest BCUT2D eigenvalue weighted by atomic mass is 16.5. The third kappa shape index (κ3) is 5.68. The fourth-order valence-electron chi connectivity index (χ4n) is 2.94. The summed E-state index contributed by atoms with van der Waals surface area (Å²) in [6, 6.07) is 10.1. The Hall–Kier alpha value is -1.55. The van der Waals surface area contributed by atoms with E-state index in [4.69, 9.17) is 4.74 Å². The molecule has 1 aliphatic rings. The third-order valence-corrected chi connectivity index (χ3v) is 4.36. The molecule has 0 unspecified atom stereocenters. The van der Waals surface area contributed by atoms with Crippen molar-refractivity contribution < 1.29 is 9.53 Å². The molecule has 122 valence electrons. The summed E-state index contributed by atoms with van der Waals surface area (Å²) in [7, 11) is 1.96. The van der Waals surface area contributed by atoms with Crippen molar-refractivity contribution >= 4 is 5.91 Å². The molecule has 0 aromatic heterocycles. The molecule has 1 amide bonds. The van der Waals surface area contributed by atoms with Gasteiger partial charge in [0.15, 0.2) is 0 Å². The summed E-state index contributed by atoms with van der Waals surface area (Å²) in [6.45, 7) is 4.00. The molecule has 0 aliphatic heterocycles. The zero-order valence-corrected chi connectivity index (χ0v) is 13.8. The molecule has 22 heavy (non-hydrogen) atoms. The van der Waals surface area contributed by atoms with Crippen LogP contribution in [0.15, 0.2) is 30.3 Å². The number of nitrogens with zero attached hydrogens (tertiary/aromatic N) is 1. The van der Waals surface area contributed by atoms with Crippen molar-refractivity contribution in [1.29, 1.82) is 0 Å². The quantitative estimate of drug-likeness (QED) is 0.842. The number of rotatable bonds is 7. The van der Waals surface area contributed by atoms with Crippen molar-refractivity contribution in [2.24, 2.45) is 5.92 Å². The van der Waals surface area contributed by atoms with E-state index in [1.807, 2.05) is 42.3 Å². The minimum absolute atomic E-state index is 0.126. The Morgan fingerprint density at radius 2 is 2.00 bits per heavy atom. The fourth-order valence-corrected chi connectivity index (χ4v) is 2.94. The molecule has 0 bridgehead atoms. The van der Waals surface area contributed by atoms with Gasteiger partial charge in [0.25, 0.3) is 0 Å². The van der Waals surface area contributed by atoms with Gasteiger partial charge >= 0.3 is 0 Å². The average Bonchev–Trinajstić information content (AvgIpc) is 2.50. The average molecular weight is 304 g/mol. The first-order valence-corrected chi connectivity index (χ1v) is 8.31. The first-order chi connectivity index (χ1) is 10.6. The lowest BCUT2D eigenvalue weighted by atomic mass is 9.86. The van der Waals surface area contributed by atoms with Gasteiger partial charge in [0, 0.05) is 12.6 Å². The number of benzene rings is 1. The Morgan fingerprint density at radius 1 is 1.27 bits per heavy atom. The largest absolute Gasteiger partial charge is 0.492 e. The number of carbonyl (C=O) groups excluding carboxylic acids is 1. The second-order valence-corrected chi connectivity index (χ2v) is 6.34. The van der Waals surface area contributed by atoms with E-state index in [-0.39, 0.29) is 5.91 Å². The van der Waals surface area contributed by atoms with E-state index in [0.29, 0.717) is 25.1 Å². The summed E-state index contributed by atoms with van der Waals surface area (Å²) in [5.41, 5.74) is 0. The van der Waals surface area contributed by atoms with E-state index in [1.165, 1.54) is 19.3 Å². The molecular weight excluding hydrogens is 276 g/mol. The molecule has 1 aromatic carbocycles. The Morgan fingerprint density at radius 3 is 2.73 bits per heavy atom. The molecule has 1 N–H and O–H groups in total. The summed E-state index contributed by atoms with van der Waals surface area (Å²) in [6.07, 6.45) is 4.87. The first-order valence-electron chi connectivity index (χ1n) is 8.31. The summed E-state index contributed by atoms with van der Waals surface area (Å²) >= 11 is 0. The lowest BCUT2D eigenvalue weighted by Crippen LogP contribution is -2.45. The summed E-state index contributed by atoms with van der Waals surface area (Å²) < 4.78 is 5.65. The SMILES string of the molecule is C[C@@H]1CCCC[C@H]1NC(=O)CN(C)CCOc1ccccc1. The normalized spacial score (nSPS) is 21.6. The Bertz CT molecular complexity index is 450. The van der Waals surface area contributed by atoms with Gasteiger partial charge in [-0.25, -0.2) is 0 Å². The number of nitrogens with one attached hydrogen (secondary N) is 1. The van der Waals surface area contributed by atoms with Gasteiger partial charge in [0.2, 0.25) is 5.91 Å². The van der Waals surface area contributed by atoms with E-state index in [1.54, 1.807) is 0 Å². The highest BCUT2D eigenvalue weighted by Gasteiger charge is 2.22. The number of hydrogen-bond acceptors (Lipinski definition) is 3. The van der Waals surface area contributed by atoms with Crippen LogP contribution in [0.25, 0.3) is 0 Å². The number of ether oxygens (including phenoxy) is 1. The molecule has 0 radical (unpaired) electrons. The molecule has 4 heteroatoms. The maximum absolute atomic E-state index is 12.1. The number of para-hydroxylation sites is 1. The van der Waals surface area contributed by atoms with Crippen LogP contribution in [-0.4, -0.2) is 43.6 Å². The second-order valence-electron chi connectivity index (χ2n) is 6.34. The molecule has 4 nitrogen and oxygen atoms in total. The van der Waals surface area contributed by atoms with Gasteiger partial charge in [-0.05, 0) is 37.9 Å². The summed E-state index contributed by atoms with van der Waals surface area (Å²) in [5, 5.41) is 3.19. The fraction of sp³-hybridized carbons (Fsp3) is 0.611. The van der Waals surface area contributed by atoms with E-state index >= 15 is 0 Å². The monoisotopic (exact) mass is 304 g/mol. The van der Waals surface area contributed by atoms with Crippen LogP contribution in [0.2, 0.25) is 0 Å². The number of amides is 1. The van der Waals surface area contributed by atoms with Crippen LogP contribution < -0.4 is 10.1 Å². The van der Waals surface area contributed by atoms with Crippen LogP contribution in [-0.2, 0) is 4.79 Å². The van der Waals surface area contributed by atoms with Gasteiger partial charge in [-0.3, -0.25) is 9.69 Å². The van der Waals surface area contributed by atoms with Gasteiger partial charge in [-0.2, -0.15) is 0 Å². The van der Waals surface area contributed by atoms with Crippen molar-refractivity contribution in [1.82, 2.24) is 10.2 Å². The second kappa shape index (κ2) is 8.79. The van der Waals surface area contributed by atoms with Crippen LogP contribution in [0.3, 0.4) is 0 Å². The van der Waals surface area contributed by atoms with Gasteiger partial charge in [-0.15, -0.1) is 0 Å². The van der Waals surface area contributed by atoms with Gasteiger partial charge in [0.05, 0.1) is 6.54 Å². The van der Waals surface area contributed by atoms with Crippen LogP contribution in [0.1, 0.15) is 32.6 Å². The lowest BCUT2D eigenvalue weighted by molar-refractivity contribution is -0.123. The molecule has 1 saturated carbocycles. The number of carbonyl (C=O) groups is 1. The molecule has 2 atom stereocenters. The molecule has 2 rings (SSSR count). The van der Waals surface area contributed by atoms with Gasteiger partial charge in [-0.1, -0.05) is 38.0 Å². The number of hydrogen-bond donors (Lipinski definition) is 1. The van der Waals surface area contributed by atoms with Crippen LogP contribution in [0.5, 0.6) is 5.75 Å². The topological polar surface area (TPSA) is 41.6 Å². The minimum atomic E-state index is 0.126. The molecule has 0 spiro atoms. The van der Waals surface area contributed by atoms with Crippen molar-refractivity contribution in [3.05, 3.63) is 30.3 Å². The number of likely N-dealkylation sites (N-methyl/N-ethyl adjacent to an activating group) is 1. The highest BCUT2D eigenvalue weighted by molar-refractivity contribution is 5.78.